The lowest BCUT2D eigenvalue weighted by molar-refractivity contribution is 0.206. The van der Waals surface area contributed by atoms with Gasteiger partial charge >= 0.3 is 0 Å². The van der Waals surface area contributed by atoms with E-state index in [2.05, 4.69) is 80.1 Å². The second kappa shape index (κ2) is 14.7. The first kappa shape index (κ1) is 26.1. The molecule has 1 saturated carbocycles. The number of hydrogen-bond acceptors (Lipinski definition) is 2. The van der Waals surface area contributed by atoms with Crippen molar-refractivity contribution in [3.63, 3.8) is 0 Å². The first-order valence-corrected chi connectivity index (χ1v) is 13.6. The summed E-state index contributed by atoms with van der Waals surface area (Å²) in [5.74, 6) is 2.31. The Hall–Kier alpha value is -2.48. The van der Waals surface area contributed by atoms with E-state index >= 15 is 0 Å². The van der Waals surface area contributed by atoms with Crippen LogP contribution in [-0.4, -0.2) is 11.9 Å². The zero-order valence-corrected chi connectivity index (χ0v) is 21.5. The van der Waals surface area contributed by atoms with Gasteiger partial charge in [0.1, 0.15) is 0 Å². The number of allylic oxidation sites excluding steroid dienone is 1. The maximum Gasteiger partial charge on any atom is 0.0733 e. The van der Waals surface area contributed by atoms with Crippen molar-refractivity contribution in [2.75, 3.05) is 0 Å². The van der Waals surface area contributed by atoms with E-state index in [4.69, 9.17) is 5.10 Å². The van der Waals surface area contributed by atoms with Gasteiger partial charge in [-0.05, 0) is 73.5 Å². The molecule has 0 bridgehead atoms. The number of aryl methyl sites for hydroxylation is 1. The van der Waals surface area contributed by atoms with Crippen LogP contribution in [0.25, 0.3) is 0 Å². The number of benzene rings is 2. The van der Waals surface area contributed by atoms with Gasteiger partial charge in [0.05, 0.1) is 11.9 Å². The molecule has 3 rings (SSSR count). The van der Waals surface area contributed by atoms with Crippen LogP contribution in [0.3, 0.4) is 0 Å². The molecule has 0 atom stereocenters. The van der Waals surface area contributed by atoms with Crippen molar-refractivity contribution in [3.8, 4) is 0 Å². The molecular weight excluding hydrogens is 412 g/mol. The van der Waals surface area contributed by atoms with Crippen LogP contribution in [-0.2, 0) is 6.42 Å². The van der Waals surface area contributed by atoms with Crippen LogP contribution in [0.15, 0.2) is 77.5 Å². The van der Waals surface area contributed by atoms with Gasteiger partial charge in [-0.15, -0.1) is 6.58 Å². The van der Waals surface area contributed by atoms with Crippen LogP contribution in [0, 0.1) is 17.8 Å². The van der Waals surface area contributed by atoms with Gasteiger partial charge in [-0.1, -0.05) is 100 Å². The Bertz CT molecular complexity index is 880. The van der Waals surface area contributed by atoms with Crippen molar-refractivity contribution in [1.29, 1.82) is 0 Å². The Morgan fingerprint density at radius 3 is 2.24 bits per heavy atom. The highest BCUT2D eigenvalue weighted by molar-refractivity contribution is 6.02. The Balaban J connectivity index is 1.68. The number of unbranched alkanes of at least 4 members (excludes halogenated alkanes) is 1. The molecule has 1 fully saturated rings. The van der Waals surface area contributed by atoms with Crippen LogP contribution in [0.2, 0.25) is 0 Å². The molecule has 2 heteroatoms. The van der Waals surface area contributed by atoms with Gasteiger partial charge in [0.25, 0.3) is 0 Å². The zero-order valence-electron chi connectivity index (χ0n) is 21.5. The van der Waals surface area contributed by atoms with Crippen molar-refractivity contribution in [2.24, 2.45) is 28.0 Å². The molecule has 0 N–H and O–H groups in total. The average Bonchev–Trinajstić information content (AvgIpc) is 2.88. The summed E-state index contributed by atoms with van der Waals surface area (Å²) in [5, 5.41) is 9.37. The fourth-order valence-electron chi connectivity index (χ4n) is 5.58. The third-order valence-electron chi connectivity index (χ3n) is 7.44. The molecule has 0 aromatic heterocycles. The summed E-state index contributed by atoms with van der Waals surface area (Å²) in [6.07, 6.45) is 17.7. The number of nitrogens with zero attached hydrogens (tertiary/aromatic N) is 2. The molecule has 0 saturated heterocycles. The van der Waals surface area contributed by atoms with Crippen LogP contribution in [0.5, 0.6) is 0 Å². The molecule has 2 aromatic rings. The van der Waals surface area contributed by atoms with Crippen LogP contribution in [0.4, 0.5) is 0 Å². The molecule has 34 heavy (non-hydrogen) atoms. The lowest BCUT2D eigenvalue weighted by atomic mass is 9.71. The molecule has 1 aliphatic carbocycles. The van der Waals surface area contributed by atoms with Gasteiger partial charge in [-0.25, -0.2) is 0 Å². The van der Waals surface area contributed by atoms with E-state index < -0.39 is 0 Å². The minimum absolute atomic E-state index is 0.506. The van der Waals surface area contributed by atoms with E-state index in [1.165, 1.54) is 68.2 Å². The maximum absolute atomic E-state index is 4.81. The first-order chi connectivity index (χ1) is 16.7. The molecule has 0 unspecified atom stereocenters. The summed E-state index contributed by atoms with van der Waals surface area (Å²) >= 11 is 0. The summed E-state index contributed by atoms with van der Waals surface area (Å²) < 4.78 is 0. The third-order valence-corrected chi connectivity index (χ3v) is 7.44. The maximum atomic E-state index is 4.81. The van der Waals surface area contributed by atoms with Crippen molar-refractivity contribution in [1.82, 2.24) is 0 Å². The molecule has 2 aromatic carbocycles. The van der Waals surface area contributed by atoms with E-state index in [1.54, 1.807) is 0 Å². The third kappa shape index (κ3) is 8.08. The van der Waals surface area contributed by atoms with E-state index in [1.807, 2.05) is 12.3 Å². The van der Waals surface area contributed by atoms with Crippen LogP contribution in [0.1, 0.15) is 94.7 Å². The zero-order chi connectivity index (χ0) is 24.0. The quantitative estimate of drug-likeness (QED) is 0.124. The molecule has 182 valence electrons. The molecular formula is C32H44N2. The lowest BCUT2D eigenvalue weighted by Crippen LogP contribution is -2.26. The molecule has 2 nitrogen and oxygen atoms in total. The Morgan fingerprint density at radius 2 is 1.62 bits per heavy atom. The highest BCUT2D eigenvalue weighted by Crippen LogP contribution is 2.38. The van der Waals surface area contributed by atoms with Gasteiger partial charge in [-0.3, -0.25) is 0 Å². The number of rotatable bonds is 13. The minimum Gasteiger partial charge on any atom is -0.158 e. The molecule has 0 amide bonds. The van der Waals surface area contributed by atoms with E-state index in [9.17, 15) is 0 Å². The van der Waals surface area contributed by atoms with Gasteiger partial charge in [0.15, 0.2) is 0 Å². The summed E-state index contributed by atoms with van der Waals surface area (Å²) in [5.41, 5.74) is 4.86. The average molecular weight is 457 g/mol. The molecule has 0 radical (unpaired) electrons. The molecule has 1 aliphatic rings. The summed E-state index contributed by atoms with van der Waals surface area (Å²) in [6, 6.07) is 19.4. The van der Waals surface area contributed by atoms with E-state index in [0.717, 1.165) is 36.7 Å². The summed E-state index contributed by atoms with van der Waals surface area (Å²) in [6.45, 7) is 8.48. The number of hydrogen-bond donors (Lipinski definition) is 0. The molecule has 0 spiro atoms. The predicted molar refractivity (Wildman–Crippen MR) is 149 cm³/mol. The normalized spacial score (nSPS) is 19.1. The summed E-state index contributed by atoms with van der Waals surface area (Å²) in [7, 11) is 0. The van der Waals surface area contributed by atoms with E-state index in [0.29, 0.717) is 5.92 Å². The standard InChI is InChI=1S/C32H44N2/c1-4-7-9-14-26-17-19-27(20-18-26)25-33-34-32(30-15-10-8-11-16-30)31-23-21-29(22-24-31)28(12-5-2)13-6-3/h4,8,10-11,15-20,25,28-29,31H,1,5-7,9,12-14,21-24H2,2-3H3. The van der Waals surface area contributed by atoms with Gasteiger partial charge < -0.3 is 0 Å². The Labute approximate surface area is 208 Å². The highest BCUT2D eigenvalue weighted by atomic mass is 15.2. The fourth-order valence-corrected chi connectivity index (χ4v) is 5.58. The lowest BCUT2D eigenvalue weighted by Gasteiger charge is -2.34. The van der Waals surface area contributed by atoms with Gasteiger partial charge in [0, 0.05) is 5.92 Å². The predicted octanol–water partition coefficient (Wildman–Crippen LogP) is 9.04. The topological polar surface area (TPSA) is 24.7 Å². The van der Waals surface area contributed by atoms with Gasteiger partial charge in [-0.2, -0.15) is 10.2 Å². The monoisotopic (exact) mass is 456 g/mol. The van der Waals surface area contributed by atoms with Crippen molar-refractivity contribution in [2.45, 2.75) is 84.5 Å². The SMILES string of the molecule is C=CCCCc1ccc(C=NN=C(c2ccccc2)C2CCC(C(CCC)CCC)CC2)cc1. The highest BCUT2D eigenvalue weighted by Gasteiger charge is 2.29. The second-order valence-corrected chi connectivity index (χ2v) is 9.97. The second-order valence-electron chi connectivity index (χ2n) is 9.97. The van der Waals surface area contributed by atoms with Crippen LogP contribution >= 0.6 is 0 Å². The largest absolute Gasteiger partial charge is 0.158 e. The summed E-state index contributed by atoms with van der Waals surface area (Å²) in [4.78, 5) is 0. The smallest absolute Gasteiger partial charge is 0.0733 e. The van der Waals surface area contributed by atoms with E-state index in [-0.39, 0.29) is 0 Å². The Morgan fingerprint density at radius 1 is 0.941 bits per heavy atom. The first-order valence-electron chi connectivity index (χ1n) is 13.6. The fraction of sp³-hybridized carbons (Fsp3) is 0.500. The van der Waals surface area contributed by atoms with Gasteiger partial charge in [0.2, 0.25) is 0 Å². The van der Waals surface area contributed by atoms with Crippen molar-refractivity contribution in [3.05, 3.63) is 83.9 Å². The molecule has 0 heterocycles. The van der Waals surface area contributed by atoms with Crippen molar-refractivity contribution < 1.29 is 0 Å². The van der Waals surface area contributed by atoms with Crippen LogP contribution < -0.4 is 0 Å². The Kier molecular flexibility index (Phi) is 11.3. The molecule has 0 aliphatic heterocycles. The minimum atomic E-state index is 0.506. The van der Waals surface area contributed by atoms with Crippen molar-refractivity contribution >= 4 is 11.9 Å².